The van der Waals surface area contributed by atoms with Gasteiger partial charge in [0, 0.05) is 18.8 Å². The number of methoxy groups -OCH3 is 1. The van der Waals surface area contributed by atoms with E-state index in [1.54, 1.807) is 19.2 Å². The third-order valence-electron chi connectivity index (χ3n) is 3.42. The number of para-hydroxylation sites is 1. The Morgan fingerprint density at radius 2 is 1.65 bits per heavy atom. The Kier molecular flexibility index (Phi) is 6.72. The zero-order valence-electron chi connectivity index (χ0n) is 13.3. The van der Waals surface area contributed by atoms with Crippen molar-refractivity contribution in [2.24, 2.45) is 0 Å². The summed E-state index contributed by atoms with van der Waals surface area (Å²) in [6.45, 7) is 1.06. The minimum Gasteiger partial charge on any atom is -0.497 e. The zero-order chi connectivity index (χ0) is 16.5. The Hall–Kier alpha value is -2.24. The Balaban J connectivity index is 1.87. The maximum atomic E-state index is 10.2. The van der Waals surface area contributed by atoms with E-state index in [1.165, 1.54) is 0 Å². The number of nitrogens with zero attached hydrogens (tertiary/aromatic N) is 1. The quantitative estimate of drug-likeness (QED) is 0.740. The van der Waals surface area contributed by atoms with Crippen LogP contribution in [0.3, 0.4) is 0 Å². The van der Waals surface area contributed by atoms with Gasteiger partial charge in [-0.15, -0.1) is 0 Å². The van der Waals surface area contributed by atoms with E-state index in [2.05, 4.69) is 0 Å². The molecule has 1 atom stereocenters. The first-order chi connectivity index (χ1) is 11.2. The van der Waals surface area contributed by atoms with E-state index in [-0.39, 0.29) is 13.2 Å². The number of rotatable bonds is 9. The molecule has 0 saturated carbocycles. The third kappa shape index (κ3) is 5.47. The van der Waals surface area contributed by atoms with Crippen LogP contribution in [-0.2, 0) is 0 Å². The first-order valence-electron chi connectivity index (χ1n) is 7.58. The first-order valence-corrected chi connectivity index (χ1v) is 7.58. The highest BCUT2D eigenvalue weighted by atomic mass is 16.5. The average Bonchev–Trinajstić information content (AvgIpc) is 2.61. The van der Waals surface area contributed by atoms with Gasteiger partial charge in [0.2, 0.25) is 0 Å². The van der Waals surface area contributed by atoms with E-state index in [0.717, 1.165) is 11.4 Å². The van der Waals surface area contributed by atoms with Crippen LogP contribution in [-0.4, -0.2) is 49.7 Å². The Morgan fingerprint density at radius 1 is 1.00 bits per heavy atom. The summed E-state index contributed by atoms with van der Waals surface area (Å²) in [5.41, 5.74) is 0.963. The normalized spacial score (nSPS) is 11.8. The van der Waals surface area contributed by atoms with E-state index in [1.807, 2.05) is 47.4 Å². The Bertz CT molecular complexity index is 559. The molecule has 0 heterocycles. The van der Waals surface area contributed by atoms with E-state index >= 15 is 0 Å². The van der Waals surface area contributed by atoms with Crippen molar-refractivity contribution in [2.45, 2.75) is 6.10 Å². The van der Waals surface area contributed by atoms with Gasteiger partial charge < -0.3 is 24.6 Å². The van der Waals surface area contributed by atoms with Gasteiger partial charge in [0.1, 0.15) is 24.2 Å². The molecule has 0 aliphatic heterocycles. The van der Waals surface area contributed by atoms with Crippen molar-refractivity contribution in [1.29, 1.82) is 0 Å². The van der Waals surface area contributed by atoms with Crippen LogP contribution in [0.5, 0.6) is 11.5 Å². The van der Waals surface area contributed by atoms with Gasteiger partial charge in [0.25, 0.3) is 0 Å². The number of hydrogen-bond donors (Lipinski definition) is 2. The van der Waals surface area contributed by atoms with Gasteiger partial charge in [0.15, 0.2) is 0 Å². The van der Waals surface area contributed by atoms with Crippen molar-refractivity contribution in [1.82, 2.24) is 0 Å². The summed E-state index contributed by atoms with van der Waals surface area (Å²) in [6, 6.07) is 16.9. The standard InChI is InChI=1S/C18H23NO4/c1-22-17-7-9-18(10-8-17)23-14-16(21)13-19(11-12-20)15-5-3-2-4-6-15/h2-10,16,20-21H,11-14H2,1H3. The van der Waals surface area contributed by atoms with Crippen LogP contribution < -0.4 is 14.4 Å². The number of benzene rings is 2. The Morgan fingerprint density at radius 3 is 2.26 bits per heavy atom. The van der Waals surface area contributed by atoms with Crippen LogP contribution in [0.25, 0.3) is 0 Å². The topological polar surface area (TPSA) is 62.2 Å². The van der Waals surface area contributed by atoms with Crippen LogP contribution in [0.4, 0.5) is 5.69 Å². The van der Waals surface area contributed by atoms with Gasteiger partial charge in [-0.2, -0.15) is 0 Å². The van der Waals surface area contributed by atoms with E-state index < -0.39 is 6.10 Å². The van der Waals surface area contributed by atoms with Crippen molar-refractivity contribution < 1.29 is 19.7 Å². The molecule has 0 amide bonds. The number of aliphatic hydroxyl groups excluding tert-OH is 2. The summed E-state index contributed by atoms with van der Waals surface area (Å²) in [5.74, 6) is 1.44. The van der Waals surface area contributed by atoms with E-state index in [0.29, 0.717) is 18.8 Å². The van der Waals surface area contributed by atoms with Gasteiger partial charge in [-0.1, -0.05) is 18.2 Å². The maximum absolute atomic E-state index is 10.2. The number of ether oxygens (including phenoxy) is 2. The smallest absolute Gasteiger partial charge is 0.119 e. The summed E-state index contributed by atoms with van der Waals surface area (Å²) in [5, 5.41) is 19.4. The molecule has 2 rings (SSSR count). The number of anilines is 1. The van der Waals surface area contributed by atoms with Crippen molar-refractivity contribution in [3.05, 3.63) is 54.6 Å². The summed E-state index contributed by atoms with van der Waals surface area (Å²) in [6.07, 6.45) is -0.663. The molecule has 0 aliphatic carbocycles. The summed E-state index contributed by atoms with van der Waals surface area (Å²) in [7, 11) is 1.61. The van der Waals surface area contributed by atoms with Crippen LogP contribution >= 0.6 is 0 Å². The fourth-order valence-electron chi connectivity index (χ4n) is 2.26. The summed E-state index contributed by atoms with van der Waals surface area (Å²) >= 11 is 0. The monoisotopic (exact) mass is 317 g/mol. The lowest BCUT2D eigenvalue weighted by Gasteiger charge is -2.26. The van der Waals surface area contributed by atoms with Gasteiger partial charge in [0.05, 0.1) is 13.7 Å². The summed E-state index contributed by atoms with van der Waals surface area (Å²) < 4.78 is 10.7. The minimum atomic E-state index is -0.663. The fraction of sp³-hybridized carbons (Fsp3) is 0.333. The SMILES string of the molecule is COc1ccc(OCC(O)CN(CCO)c2ccccc2)cc1. The zero-order valence-corrected chi connectivity index (χ0v) is 13.3. The highest BCUT2D eigenvalue weighted by Gasteiger charge is 2.13. The van der Waals surface area contributed by atoms with E-state index in [4.69, 9.17) is 9.47 Å². The molecule has 5 heteroatoms. The van der Waals surface area contributed by atoms with Gasteiger partial charge in [-0.25, -0.2) is 0 Å². The first kappa shape index (κ1) is 17.1. The maximum Gasteiger partial charge on any atom is 0.119 e. The molecule has 2 aromatic carbocycles. The largest absolute Gasteiger partial charge is 0.497 e. The highest BCUT2D eigenvalue weighted by Crippen LogP contribution is 2.18. The van der Waals surface area contributed by atoms with Crippen LogP contribution in [0.2, 0.25) is 0 Å². The van der Waals surface area contributed by atoms with E-state index in [9.17, 15) is 10.2 Å². The van der Waals surface area contributed by atoms with Crippen molar-refractivity contribution in [2.75, 3.05) is 38.3 Å². The number of aliphatic hydroxyl groups is 2. The fourth-order valence-corrected chi connectivity index (χ4v) is 2.26. The molecule has 23 heavy (non-hydrogen) atoms. The van der Waals surface area contributed by atoms with Crippen molar-refractivity contribution >= 4 is 5.69 Å². The molecule has 0 aliphatic rings. The van der Waals surface area contributed by atoms with Crippen LogP contribution in [0.1, 0.15) is 0 Å². The lowest BCUT2D eigenvalue weighted by atomic mass is 10.2. The van der Waals surface area contributed by atoms with Gasteiger partial charge in [-0.3, -0.25) is 0 Å². The predicted molar refractivity (Wildman–Crippen MR) is 90.2 cm³/mol. The van der Waals surface area contributed by atoms with Gasteiger partial charge >= 0.3 is 0 Å². The molecule has 1 unspecified atom stereocenters. The third-order valence-corrected chi connectivity index (χ3v) is 3.42. The van der Waals surface area contributed by atoms with Gasteiger partial charge in [-0.05, 0) is 36.4 Å². The number of hydrogen-bond acceptors (Lipinski definition) is 5. The molecule has 0 saturated heterocycles. The lowest BCUT2D eigenvalue weighted by molar-refractivity contribution is 0.111. The average molecular weight is 317 g/mol. The molecule has 0 bridgehead atoms. The molecule has 0 radical (unpaired) electrons. The molecule has 5 nitrogen and oxygen atoms in total. The second-order valence-corrected chi connectivity index (χ2v) is 5.15. The molecule has 2 aromatic rings. The van der Waals surface area contributed by atoms with Crippen LogP contribution in [0, 0.1) is 0 Å². The van der Waals surface area contributed by atoms with Crippen LogP contribution in [0.15, 0.2) is 54.6 Å². The Labute approximate surface area is 136 Å². The molecule has 0 spiro atoms. The molecular formula is C18H23NO4. The molecule has 0 aromatic heterocycles. The second kappa shape index (κ2) is 9.02. The highest BCUT2D eigenvalue weighted by molar-refractivity contribution is 5.46. The predicted octanol–water partition coefficient (Wildman–Crippen LogP) is 1.93. The van der Waals surface area contributed by atoms with Crippen molar-refractivity contribution in [3.8, 4) is 11.5 Å². The lowest BCUT2D eigenvalue weighted by Crippen LogP contribution is -2.37. The minimum absolute atomic E-state index is 0.0287. The molecule has 0 fully saturated rings. The molecule has 2 N–H and O–H groups in total. The van der Waals surface area contributed by atoms with Crippen molar-refractivity contribution in [3.63, 3.8) is 0 Å². The summed E-state index contributed by atoms with van der Waals surface area (Å²) in [4.78, 5) is 1.93. The molecule has 124 valence electrons. The molecular weight excluding hydrogens is 294 g/mol. The second-order valence-electron chi connectivity index (χ2n) is 5.15.